The van der Waals surface area contributed by atoms with E-state index in [-0.39, 0.29) is 17.2 Å². The van der Waals surface area contributed by atoms with Crippen LogP contribution in [0.25, 0.3) is 6.08 Å². The molecular formula is C18H11BrF3NO3. The highest BCUT2D eigenvalue weighted by atomic mass is 79.9. The second-order valence-electron chi connectivity index (χ2n) is 5.27. The van der Waals surface area contributed by atoms with Gasteiger partial charge in [-0.15, -0.1) is 0 Å². The molecule has 1 aliphatic rings. The molecule has 0 atom stereocenters. The van der Waals surface area contributed by atoms with Crippen LogP contribution in [0.3, 0.4) is 0 Å². The summed E-state index contributed by atoms with van der Waals surface area (Å²) in [7, 11) is 1.51. The van der Waals surface area contributed by atoms with E-state index in [0.717, 1.165) is 12.1 Å². The summed E-state index contributed by atoms with van der Waals surface area (Å²) in [5, 5.41) is 0. The van der Waals surface area contributed by atoms with Gasteiger partial charge in [-0.05, 0) is 51.8 Å². The van der Waals surface area contributed by atoms with Gasteiger partial charge < -0.3 is 9.47 Å². The van der Waals surface area contributed by atoms with Gasteiger partial charge in [-0.25, -0.2) is 9.79 Å². The van der Waals surface area contributed by atoms with Gasteiger partial charge in [-0.3, -0.25) is 0 Å². The summed E-state index contributed by atoms with van der Waals surface area (Å²) in [6, 6.07) is 9.87. The molecule has 0 unspecified atom stereocenters. The number of methoxy groups -OCH3 is 1. The number of cyclic esters (lactones) is 1. The van der Waals surface area contributed by atoms with Crippen LogP contribution in [0.1, 0.15) is 16.7 Å². The molecule has 0 radical (unpaired) electrons. The van der Waals surface area contributed by atoms with Gasteiger partial charge in [-0.1, -0.05) is 18.2 Å². The van der Waals surface area contributed by atoms with E-state index in [9.17, 15) is 18.0 Å². The number of ether oxygens (including phenoxy) is 2. The molecular weight excluding hydrogens is 415 g/mol. The first-order valence-corrected chi connectivity index (χ1v) is 8.11. The van der Waals surface area contributed by atoms with Gasteiger partial charge in [0.05, 0.1) is 18.2 Å². The van der Waals surface area contributed by atoms with Crippen LogP contribution in [0.15, 0.2) is 57.6 Å². The summed E-state index contributed by atoms with van der Waals surface area (Å²) >= 11 is 3.32. The predicted molar refractivity (Wildman–Crippen MR) is 92.7 cm³/mol. The lowest BCUT2D eigenvalue weighted by Crippen LogP contribution is -2.08. The van der Waals surface area contributed by atoms with Crippen LogP contribution < -0.4 is 4.74 Å². The minimum absolute atomic E-state index is 0.000248. The minimum atomic E-state index is -4.54. The first-order chi connectivity index (χ1) is 12.3. The zero-order chi connectivity index (χ0) is 18.9. The highest BCUT2D eigenvalue weighted by Crippen LogP contribution is 2.34. The maximum Gasteiger partial charge on any atom is 0.416 e. The molecule has 134 valence electrons. The first kappa shape index (κ1) is 18.2. The molecule has 0 fully saturated rings. The molecule has 3 rings (SSSR count). The summed E-state index contributed by atoms with van der Waals surface area (Å²) in [5.74, 6) is -0.236. The Balaban J connectivity index is 2.01. The monoisotopic (exact) mass is 425 g/mol. The molecule has 2 aromatic rings. The van der Waals surface area contributed by atoms with Crippen molar-refractivity contribution in [3.63, 3.8) is 0 Å². The second-order valence-corrected chi connectivity index (χ2v) is 6.12. The smallest absolute Gasteiger partial charge is 0.416 e. The van der Waals surface area contributed by atoms with Crippen molar-refractivity contribution >= 4 is 33.9 Å². The number of hydrogen-bond donors (Lipinski definition) is 0. The van der Waals surface area contributed by atoms with Gasteiger partial charge in [0.2, 0.25) is 5.90 Å². The Kier molecular flexibility index (Phi) is 4.86. The van der Waals surface area contributed by atoms with Gasteiger partial charge in [0.1, 0.15) is 5.75 Å². The van der Waals surface area contributed by atoms with E-state index in [0.29, 0.717) is 15.8 Å². The maximum atomic E-state index is 13.1. The molecule has 0 saturated carbocycles. The lowest BCUT2D eigenvalue weighted by Gasteiger charge is -2.09. The Morgan fingerprint density at radius 3 is 2.58 bits per heavy atom. The van der Waals surface area contributed by atoms with E-state index >= 15 is 0 Å². The molecule has 0 aliphatic carbocycles. The minimum Gasteiger partial charge on any atom is -0.497 e. The van der Waals surface area contributed by atoms with Crippen molar-refractivity contribution in [3.8, 4) is 5.75 Å². The number of aliphatic imine (C=N–C) groups is 1. The van der Waals surface area contributed by atoms with Crippen LogP contribution >= 0.6 is 15.9 Å². The van der Waals surface area contributed by atoms with E-state index in [1.165, 1.54) is 25.3 Å². The van der Waals surface area contributed by atoms with Crippen LogP contribution in [0.4, 0.5) is 13.2 Å². The maximum absolute atomic E-state index is 13.1. The third-order valence-electron chi connectivity index (χ3n) is 3.59. The molecule has 8 heteroatoms. The lowest BCUT2D eigenvalue weighted by atomic mass is 10.1. The highest BCUT2D eigenvalue weighted by molar-refractivity contribution is 9.10. The zero-order valence-electron chi connectivity index (χ0n) is 13.3. The van der Waals surface area contributed by atoms with E-state index in [4.69, 9.17) is 9.47 Å². The van der Waals surface area contributed by atoms with Crippen molar-refractivity contribution in [2.24, 2.45) is 4.99 Å². The van der Waals surface area contributed by atoms with Crippen LogP contribution in [0.2, 0.25) is 0 Å². The van der Waals surface area contributed by atoms with E-state index in [1.54, 1.807) is 18.2 Å². The average molecular weight is 426 g/mol. The normalized spacial score (nSPS) is 15.8. The summed E-state index contributed by atoms with van der Waals surface area (Å²) in [4.78, 5) is 16.1. The molecule has 2 aromatic carbocycles. The van der Waals surface area contributed by atoms with Crippen molar-refractivity contribution in [1.29, 1.82) is 0 Å². The predicted octanol–water partition coefficient (Wildman–Crippen LogP) is 4.82. The van der Waals surface area contributed by atoms with Gasteiger partial charge >= 0.3 is 12.1 Å². The Labute approximate surface area is 155 Å². The Bertz CT molecular complexity index is 936. The zero-order valence-corrected chi connectivity index (χ0v) is 14.9. The van der Waals surface area contributed by atoms with E-state index in [2.05, 4.69) is 20.9 Å². The van der Waals surface area contributed by atoms with Crippen LogP contribution in [-0.4, -0.2) is 19.0 Å². The fraction of sp³-hybridized carbons (Fsp3) is 0.111. The standard InChI is InChI=1S/C18H11BrF3NO3/c1-25-11-6-7-12(14(19)9-11)16-23-15(17(24)26-16)8-10-4-2-3-5-13(10)18(20,21)22/h2-9H,1H3/b15-8-. The van der Waals surface area contributed by atoms with Crippen LogP contribution in [-0.2, 0) is 15.7 Å². The number of carbonyl (C=O) groups excluding carboxylic acids is 1. The Hall–Kier alpha value is -2.61. The number of nitrogens with zero attached hydrogens (tertiary/aromatic N) is 1. The molecule has 0 bridgehead atoms. The quantitative estimate of drug-likeness (QED) is 0.523. The van der Waals surface area contributed by atoms with Crippen LogP contribution in [0.5, 0.6) is 5.75 Å². The topological polar surface area (TPSA) is 47.9 Å². The summed E-state index contributed by atoms with van der Waals surface area (Å²) in [5.41, 5.74) is -0.744. The summed E-state index contributed by atoms with van der Waals surface area (Å²) in [6.07, 6.45) is -3.47. The average Bonchev–Trinajstić information content (AvgIpc) is 2.94. The van der Waals surface area contributed by atoms with Crippen LogP contribution in [0, 0.1) is 0 Å². The third-order valence-corrected chi connectivity index (χ3v) is 4.24. The number of halogens is 4. The number of benzene rings is 2. The molecule has 1 aliphatic heterocycles. The van der Waals surface area contributed by atoms with Crippen molar-refractivity contribution in [2.45, 2.75) is 6.18 Å². The number of rotatable bonds is 3. The summed E-state index contributed by atoms with van der Waals surface area (Å²) in [6.45, 7) is 0. The number of alkyl halides is 3. The largest absolute Gasteiger partial charge is 0.497 e. The number of esters is 1. The molecule has 0 amide bonds. The Morgan fingerprint density at radius 1 is 1.19 bits per heavy atom. The Morgan fingerprint density at radius 2 is 1.92 bits per heavy atom. The molecule has 26 heavy (non-hydrogen) atoms. The molecule has 1 heterocycles. The fourth-order valence-electron chi connectivity index (χ4n) is 2.35. The highest BCUT2D eigenvalue weighted by Gasteiger charge is 2.33. The van der Waals surface area contributed by atoms with E-state index in [1.807, 2.05) is 0 Å². The van der Waals surface area contributed by atoms with Gasteiger partial charge in [0, 0.05) is 4.47 Å². The van der Waals surface area contributed by atoms with E-state index < -0.39 is 17.7 Å². The molecule has 0 aromatic heterocycles. The summed E-state index contributed by atoms with van der Waals surface area (Å²) < 4.78 is 50.0. The molecule has 0 saturated heterocycles. The molecule has 0 N–H and O–H groups in total. The van der Waals surface area contributed by atoms with Crippen molar-refractivity contribution < 1.29 is 27.4 Å². The van der Waals surface area contributed by atoms with Gasteiger partial charge in [0.15, 0.2) is 5.70 Å². The second kappa shape index (κ2) is 6.95. The number of hydrogen-bond acceptors (Lipinski definition) is 4. The van der Waals surface area contributed by atoms with Gasteiger partial charge in [-0.2, -0.15) is 13.2 Å². The number of carbonyl (C=O) groups is 1. The first-order valence-electron chi connectivity index (χ1n) is 7.32. The van der Waals surface area contributed by atoms with Crippen molar-refractivity contribution in [2.75, 3.05) is 7.11 Å². The molecule has 0 spiro atoms. The molecule has 4 nitrogen and oxygen atoms in total. The van der Waals surface area contributed by atoms with Crippen molar-refractivity contribution in [3.05, 3.63) is 69.3 Å². The SMILES string of the molecule is COc1ccc(C2=N/C(=C\c3ccccc3C(F)(F)F)C(=O)O2)c(Br)c1. The van der Waals surface area contributed by atoms with Crippen molar-refractivity contribution in [1.82, 2.24) is 0 Å². The fourth-order valence-corrected chi connectivity index (χ4v) is 2.88. The lowest BCUT2D eigenvalue weighted by molar-refractivity contribution is -0.137. The third kappa shape index (κ3) is 3.65. The van der Waals surface area contributed by atoms with Gasteiger partial charge in [0.25, 0.3) is 0 Å².